The standard InChI is InChI=1S/C16H22N2O/c1-12-6-4-5-9-18(12)16(19)15-10-13-7-2-3-8-14(13)11-17-15/h2-3,7-8,12,15,17H,4-6,9-11H2,1H3/t12?,15-/m0/s1. The van der Waals surface area contributed by atoms with E-state index in [1.807, 2.05) is 0 Å². The summed E-state index contributed by atoms with van der Waals surface area (Å²) >= 11 is 0. The molecule has 1 aromatic rings. The molecule has 0 aliphatic carbocycles. The molecule has 3 heteroatoms. The van der Waals surface area contributed by atoms with E-state index in [-0.39, 0.29) is 6.04 Å². The fraction of sp³-hybridized carbons (Fsp3) is 0.562. The molecule has 0 spiro atoms. The predicted molar refractivity (Wildman–Crippen MR) is 75.8 cm³/mol. The average Bonchev–Trinajstić information content (AvgIpc) is 2.46. The van der Waals surface area contributed by atoms with E-state index < -0.39 is 0 Å². The molecule has 102 valence electrons. The smallest absolute Gasteiger partial charge is 0.240 e. The van der Waals surface area contributed by atoms with Crippen LogP contribution in [0.25, 0.3) is 0 Å². The van der Waals surface area contributed by atoms with Crippen molar-refractivity contribution in [2.75, 3.05) is 6.54 Å². The van der Waals surface area contributed by atoms with Gasteiger partial charge in [0.2, 0.25) is 5.91 Å². The maximum atomic E-state index is 12.6. The van der Waals surface area contributed by atoms with Crippen molar-refractivity contribution in [2.45, 2.75) is 51.2 Å². The van der Waals surface area contributed by atoms with Crippen molar-refractivity contribution in [3.05, 3.63) is 35.4 Å². The lowest BCUT2D eigenvalue weighted by Gasteiger charge is -2.37. The number of hydrogen-bond donors (Lipinski definition) is 1. The largest absolute Gasteiger partial charge is 0.339 e. The highest BCUT2D eigenvalue weighted by Crippen LogP contribution is 2.21. The summed E-state index contributed by atoms with van der Waals surface area (Å²) in [5, 5.41) is 3.40. The summed E-state index contributed by atoms with van der Waals surface area (Å²) < 4.78 is 0. The van der Waals surface area contributed by atoms with Gasteiger partial charge in [-0.3, -0.25) is 4.79 Å². The minimum Gasteiger partial charge on any atom is -0.339 e. The number of fused-ring (bicyclic) bond motifs is 1. The molecule has 0 saturated carbocycles. The molecule has 0 aromatic heterocycles. The van der Waals surface area contributed by atoms with Crippen LogP contribution < -0.4 is 5.32 Å². The molecule has 1 fully saturated rings. The van der Waals surface area contributed by atoms with Gasteiger partial charge in [0.1, 0.15) is 0 Å². The molecule has 2 atom stereocenters. The van der Waals surface area contributed by atoms with Crippen molar-refractivity contribution in [1.82, 2.24) is 10.2 Å². The quantitative estimate of drug-likeness (QED) is 0.836. The van der Waals surface area contributed by atoms with E-state index in [0.717, 1.165) is 32.4 Å². The van der Waals surface area contributed by atoms with Crippen molar-refractivity contribution in [3.63, 3.8) is 0 Å². The van der Waals surface area contributed by atoms with Crippen LogP contribution in [0.1, 0.15) is 37.3 Å². The molecule has 2 aliphatic heterocycles. The Morgan fingerprint density at radius 3 is 2.84 bits per heavy atom. The van der Waals surface area contributed by atoms with Gasteiger partial charge in [0, 0.05) is 19.1 Å². The van der Waals surface area contributed by atoms with Crippen molar-refractivity contribution in [1.29, 1.82) is 0 Å². The topological polar surface area (TPSA) is 32.3 Å². The van der Waals surface area contributed by atoms with Crippen molar-refractivity contribution >= 4 is 5.91 Å². The zero-order chi connectivity index (χ0) is 13.2. The first kappa shape index (κ1) is 12.7. The average molecular weight is 258 g/mol. The Morgan fingerprint density at radius 2 is 2.05 bits per heavy atom. The van der Waals surface area contributed by atoms with E-state index in [4.69, 9.17) is 0 Å². The summed E-state index contributed by atoms with van der Waals surface area (Å²) in [6.45, 7) is 3.92. The molecule has 3 rings (SSSR count). The minimum atomic E-state index is -0.0320. The second kappa shape index (κ2) is 5.33. The van der Waals surface area contributed by atoms with E-state index in [1.165, 1.54) is 17.5 Å². The normalized spacial score (nSPS) is 26.9. The predicted octanol–water partition coefficient (Wildman–Crippen LogP) is 2.10. The Balaban J connectivity index is 1.72. The molecular formula is C16H22N2O. The highest BCUT2D eigenvalue weighted by atomic mass is 16.2. The minimum absolute atomic E-state index is 0.0320. The van der Waals surface area contributed by atoms with Crippen LogP contribution in [-0.4, -0.2) is 29.4 Å². The molecule has 0 bridgehead atoms. The van der Waals surface area contributed by atoms with Crippen LogP contribution in [0.15, 0.2) is 24.3 Å². The van der Waals surface area contributed by atoms with E-state index in [9.17, 15) is 4.79 Å². The van der Waals surface area contributed by atoms with E-state index >= 15 is 0 Å². The van der Waals surface area contributed by atoms with Gasteiger partial charge >= 0.3 is 0 Å². The molecule has 1 unspecified atom stereocenters. The molecule has 1 amide bonds. The van der Waals surface area contributed by atoms with Gasteiger partial charge in [-0.25, -0.2) is 0 Å². The van der Waals surface area contributed by atoms with Gasteiger partial charge in [-0.2, -0.15) is 0 Å². The molecule has 3 nitrogen and oxygen atoms in total. The Bertz CT molecular complexity index is 472. The number of nitrogens with zero attached hydrogens (tertiary/aromatic N) is 1. The first-order valence-electron chi connectivity index (χ1n) is 7.36. The van der Waals surface area contributed by atoms with E-state index in [0.29, 0.717) is 11.9 Å². The van der Waals surface area contributed by atoms with Gasteiger partial charge in [0.15, 0.2) is 0 Å². The summed E-state index contributed by atoms with van der Waals surface area (Å²) in [6.07, 6.45) is 4.39. The van der Waals surface area contributed by atoms with E-state index in [1.54, 1.807) is 0 Å². The monoisotopic (exact) mass is 258 g/mol. The zero-order valence-corrected chi connectivity index (χ0v) is 11.6. The number of benzene rings is 1. The number of nitrogens with one attached hydrogen (secondary N) is 1. The lowest BCUT2D eigenvalue weighted by Crippen LogP contribution is -2.53. The number of piperidine rings is 1. The molecule has 1 saturated heterocycles. The Kier molecular flexibility index (Phi) is 3.56. The van der Waals surface area contributed by atoms with Gasteiger partial charge in [-0.15, -0.1) is 0 Å². The Labute approximate surface area is 115 Å². The van der Waals surface area contributed by atoms with Crippen LogP contribution >= 0.6 is 0 Å². The van der Waals surface area contributed by atoms with Crippen LogP contribution in [0.4, 0.5) is 0 Å². The summed E-state index contributed by atoms with van der Waals surface area (Å²) in [6, 6.07) is 8.79. The van der Waals surface area contributed by atoms with Crippen LogP contribution in [0.2, 0.25) is 0 Å². The summed E-state index contributed by atoms with van der Waals surface area (Å²) in [7, 11) is 0. The third-order valence-electron chi connectivity index (χ3n) is 4.47. The highest BCUT2D eigenvalue weighted by Gasteiger charge is 2.31. The SMILES string of the molecule is CC1CCCCN1C(=O)[C@@H]1Cc2ccccc2CN1. The van der Waals surface area contributed by atoms with Crippen molar-refractivity contribution < 1.29 is 4.79 Å². The van der Waals surface area contributed by atoms with Crippen LogP contribution in [0.5, 0.6) is 0 Å². The highest BCUT2D eigenvalue weighted by molar-refractivity contribution is 5.83. The Hall–Kier alpha value is -1.35. The molecule has 2 heterocycles. The first-order valence-corrected chi connectivity index (χ1v) is 7.36. The van der Waals surface area contributed by atoms with Gasteiger partial charge < -0.3 is 10.2 Å². The van der Waals surface area contributed by atoms with Gasteiger partial charge in [-0.05, 0) is 43.7 Å². The van der Waals surface area contributed by atoms with Gasteiger partial charge in [-0.1, -0.05) is 24.3 Å². The van der Waals surface area contributed by atoms with Crippen molar-refractivity contribution in [2.24, 2.45) is 0 Å². The number of likely N-dealkylation sites (tertiary alicyclic amines) is 1. The second-order valence-corrected chi connectivity index (χ2v) is 5.78. The Morgan fingerprint density at radius 1 is 1.26 bits per heavy atom. The first-order chi connectivity index (χ1) is 9.25. The molecule has 2 aliphatic rings. The summed E-state index contributed by atoms with van der Waals surface area (Å²) in [5.74, 6) is 0.293. The number of amides is 1. The molecule has 19 heavy (non-hydrogen) atoms. The van der Waals surface area contributed by atoms with Gasteiger partial charge in [0.05, 0.1) is 6.04 Å². The van der Waals surface area contributed by atoms with Gasteiger partial charge in [0.25, 0.3) is 0 Å². The second-order valence-electron chi connectivity index (χ2n) is 5.78. The molecule has 1 N–H and O–H groups in total. The molecule has 0 radical (unpaired) electrons. The fourth-order valence-electron chi connectivity index (χ4n) is 3.25. The number of rotatable bonds is 1. The lowest BCUT2D eigenvalue weighted by molar-refractivity contribution is -0.136. The molecule has 1 aromatic carbocycles. The van der Waals surface area contributed by atoms with Crippen LogP contribution in [0, 0.1) is 0 Å². The van der Waals surface area contributed by atoms with E-state index in [2.05, 4.69) is 41.4 Å². The third-order valence-corrected chi connectivity index (χ3v) is 4.47. The number of carbonyl (C=O) groups is 1. The lowest BCUT2D eigenvalue weighted by atomic mass is 9.94. The van der Waals surface area contributed by atoms with Crippen LogP contribution in [0.3, 0.4) is 0 Å². The third kappa shape index (κ3) is 2.52. The maximum absolute atomic E-state index is 12.6. The number of carbonyl (C=O) groups excluding carboxylic acids is 1. The van der Waals surface area contributed by atoms with Crippen LogP contribution in [-0.2, 0) is 17.8 Å². The van der Waals surface area contributed by atoms with Crippen molar-refractivity contribution in [3.8, 4) is 0 Å². The fourth-order valence-corrected chi connectivity index (χ4v) is 3.25. The molecular weight excluding hydrogens is 236 g/mol. The maximum Gasteiger partial charge on any atom is 0.240 e. The summed E-state index contributed by atoms with van der Waals surface area (Å²) in [5.41, 5.74) is 2.66. The summed E-state index contributed by atoms with van der Waals surface area (Å²) in [4.78, 5) is 14.7. The number of hydrogen-bond acceptors (Lipinski definition) is 2. The zero-order valence-electron chi connectivity index (χ0n) is 11.6.